The molecule has 0 amide bonds. The summed E-state index contributed by atoms with van der Waals surface area (Å²) < 4.78 is 10.3. The molecule has 1 heterocycles. The molecular weight excluding hydrogens is 276 g/mol. The number of carbonyl (C=O) groups excluding carboxylic acids is 2. The Bertz CT molecular complexity index is 585. The van der Waals surface area contributed by atoms with E-state index in [9.17, 15) is 9.59 Å². The molecule has 2 aromatic rings. The summed E-state index contributed by atoms with van der Waals surface area (Å²) in [5, 5.41) is 1.81. The van der Waals surface area contributed by atoms with Gasteiger partial charge in [-0.3, -0.25) is 0 Å². The van der Waals surface area contributed by atoms with E-state index in [-0.39, 0.29) is 6.10 Å². The van der Waals surface area contributed by atoms with Crippen molar-refractivity contribution >= 4 is 23.3 Å². The average molecular weight is 290 g/mol. The second-order valence-corrected chi connectivity index (χ2v) is 5.29. The van der Waals surface area contributed by atoms with Gasteiger partial charge in [-0.15, -0.1) is 11.3 Å². The molecule has 4 nitrogen and oxygen atoms in total. The predicted molar refractivity (Wildman–Crippen MR) is 76.3 cm³/mol. The summed E-state index contributed by atoms with van der Waals surface area (Å²) in [6, 6.07) is 9.77. The first-order valence-corrected chi connectivity index (χ1v) is 7.01. The van der Waals surface area contributed by atoms with E-state index < -0.39 is 11.9 Å². The number of hydrogen-bond donors (Lipinski definition) is 0. The van der Waals surface area contributed by atoms with Gasteiger partial charge in [-0.25, -0.2) is 9.59 Å². The van der Waals surface area contributed by atoms with Crippen LogP contribution in [0.1, 0.15) is 33.9 Å². The second-order valence-electron chi connectivity index (χ2n) is 4.35. The lowest BCUT2D eigenvalue weighted by Crippen LogP contribution is -2.11. The molecule has 1 aromatic carbocycles. The first kappa shape index (κ1) is 14.3. The van der Waals surface area contributed by atoms with Crippen LogP contribution in [0.5, 0.6) is 5.75 Å². The normalized spacial score (nSPS) is 10.3. The molecule has 0 aliphatic rings. The lowest BCUT2D eigenvalue weighted by atomic mass is 10.2. The summed E-state index contributed by atoms with van der Waals surface area (Å²) in [7, 11) is 0. The minimum atomic E-state index is -0.405. The van der Waals surface area contributed by atoms with Crippen molar-refractivity contribution in [3.8, 4) is 5.75 Å². The van der Waals surface area contributed by atoms with Gasteiger partial charge in [0.1, 0.15) is 10.6 Å². The standard InChI is InChI=1S/C15H14O4S/c1-10(2)18-14(16)11-5-7-12(8-6-11)19-15(17)13-4-3-9-20-13/h3-10H,1-2H3. The lowest BCUT2D eigenvalue weighted by Gasteiger charge is -2.08. The van der Waals surface area contributed by atoms with Crippen molar-refractivity contribution in [3.05, 3.63) is 52.2 Å². The smallest absolute Gasteiger partial charge is 0.353 e. The number of esters is 2. The summed E-state index contributed by atoms with van der Waals surface area (Å²) in [6.45, 7) is 3.57. The molecule has 0 atom stereocenters. The number of rotatable bonds is 4. The number of carbonyl (C=O) groups is 2. The van der Waals surface area contributed by atoms with Gasteiger partial charge < -0.3 is 9.47 Å². The van der Waals surface area contributed by atoms with Crippen LogP contribution in [0.25, 0.3) is 0 Å². The van der Waals surface area contributed by atoms with Crippen molar-refractivity contribution in [1.82, 2.24) is 0 Å². The van der Waals surface area contributed by atoms with Crippen LogP contribution in [0.15, 0.2) is 41.8 Å². The molecule has 0 saturated heterocycles. The number of benzene rings is 1. The molecule has 0 aliphatic heterocycles. The van der Waals surface area contributed by atoms with Crippen molar-refractivity contribution in [1.29, 1.82) is 0 Å². The van der Waals surface area contributed by atoms with E-state index in [1.807, 2.05) is 5.38 Å². The quantitative estimate of drug-likeness (QED) is 0.638. The zero-order valence-electron chi connectivity index (χ0n) is 11.2. The Morgan fingerprint density at radius 2 is 1.75 bits per heavy atom. The number of thiophene rings is 1. The molecule has 2 rings (SSSR count). The summed E-state index contributed by atoms with van der Waals surface area (Å²) in [5.41, 5.74) is 0.426. The average Bonchev–Trinajstić information content (AvgIpc) is 2.92. The fourth-order valence-electron chi connectivity index (χ4n) is 1.49. The molecule has 0 radical (unpaired) electrons. The topological polar surface area (TPSA) is 52.6 Å². The van der Waals surface area contributed by atoms with Crippen molar-refractivity contribution in [2.75, 3.05) is 0 Å². The Morgan fingerprint density at radius 3 is 2.30 bits per heavy atom. The van der Waals surface area contributed by atoms with Crippen LogP contribution in [0.4, 0.5) is 0 Å². The van der Waals surface area contributed by atoms with Gasteiger partial charge >= 0.3 is 11.9 Å². The molecule has 0 bridgehead atoms. The van der Waals surface area contributed by atoms with Crippen molar-refractivity contribution in [2.45, 2.75) is 20.0 Å². The van der Waals surface area contributed by atoms with E-state index in [2.05, 4.69) is 0 Å². The predicted octanol–water partition coefficient (Wildman–Crippen LogP) is 3.53. The Hall–Kier alpha value is -2.14. The molecule has 0 unspecified atom stereocenters. The molecule has 104 valence electrons. The van der Waals surface area contributed by atoms with Crippen LogP contribution in [-0.4, -0.2) is 18.0 Å². The Morgan fingerprint density at radius 1 is 1.05 bits per heavy atom. The van der Waals surface area contributed by atoms with Crippen molar-refractivity contribution < 1.29 is 19.1 Å². The fourth-order valence-corrected chi connectivity index (χ4v) is 2.09. The van der Waals surface area contributed by atoms with E-state index in [1.54, 1.807) is 50.2 Å². The lowest BCUT2D eigenvalue weighted by molar-refractivity contribution is 0.0378. The van der Waals surface area contributed by atoms with Crippen LogP contribution < -0.4 is 4.74 Å². The van der Waals surface area contributed by atoms with E-state index in [1.165, 1.54) is 11.3 Å². The minimum Gasteiger partial charge on any atom is -0.459 e. The van der Waals surface area contributed by atoms with Gasteiger partial charge in [0, 0.05) is 0 Å². The van der Waals surface area contributed by atoms with Crippen LogP contribution in [-0.2, 0) is 4.74 Å². The molecule has 0 aliphatic carbocycles. The van der Waals surface area contributed by atoms with Crippen molar-refractivity contribution in [3.63, 3.8) is 0 Å². The molecule has 0 spiro atoms. The minimum absolute atomic E-state index is 0.168. The van der Waals surface area contributed by atoms with Crippen LogP contribution in [0.3, 0.4) is 0 Å². The van der Waals surface area contributed by atoms with Gasteiger partial charge in [-0.1, -0.05) is 6.07 Å². The first-order valence-electron chi connectivity index (χ1n) is 6.13. The highest BCUT2D eigenvalue weighted by atomic mass is 32.1. The molecule has 0 fully saturated rings. The molecule has 0 N–H and O–H groups in total. The third-order valence-electron chi connectivity index (χ3n) is 2.37. The van der Waals surface area contributed by atoms with Gasteiger partial charge in [0.15, 0.2) is 0 Å². The fraction of sp³-hybridized carbons (Fsp3) is 0.200. The maximum absolute atomic E-state index is 11.7. The van der Waals surface area contributed by atoms with Gasteiger partial charge in [-0.2, -0.15) is 0 Å². The van der Waals surface area contributed by atoms with E-state index in [0.717, 1.165) is 0 Å². The SMILES string of the molecule is CC(C)OC(=O)c1ccc(OC(=O)c2cccs2)cc1. The van der Waals surface area contributed by atoms with Crippen LogP contribution in [0.2, 0.25) is 0 Å². The van der Waals surface area contributed by atoms with Crippen molar-refractivity contribution in [2.24, 2.45) is 0 Å². The maximum atomic E-state index is 11.7. The summed E-state index contributed by atoms with van der Waals surface area (Å²) in [4.78, 5) is 23.9. The monoisotopic (exact) mass is 290 g/mol. The largest absolute Gasteiger partial charge is 0.459 e. The van der Waals surface area contributed by atoms with E-state index in [0.29, 0.717) is 16.2 Å². The van der Waals surface area contributed by atoms with E-state index in [4.69, 9.17) is 9.47 Å². The molecule has 1 aromatic heterocycles. The maximum Gasteiger partial charge on any atom is 0.353 e. The highest BCUT2D eigenvalue weighted by Gasteiger charge is 2.12. The zero-order valence-corrected chi connectivity index (χ0v) is 12.0. The van der Waals surface area contributed by atoms with Crippen LogP contribution >= 0.6 is 11.3 Å². The highest BCUT2D eigenvalue weighted by molar-refractivity contribution is 7.12. The Labute approximate surface area is 121 Å². The summed E-state index contributed by atoms with van der Waals surface area (Å²) in [6.07, 6.45) is -0.168. The van der Waals surface area contributed by atoms with Gasteiger partial charge in [0.2, 0.25) is 0 Å². The summed E-state index contributed by atoms with van der Waals surface area (Å²) in [5.74, 6) is -0.405. The zero-order chi connectivity index (χ0) is 14.5. The third-order valence-corrected chi connectivity index (χ3v) is 3.22. The molecule has 5 heteroatoms. The number of hydrogen-bond acceptors (Lipinski definition) is 5. The number of ether oxygens (including phenoxy) is 2. The van der Waals surface area contributed by atoms with Gasteiger partial charge in [0.05, 0.1) is 11.7 Å². The third kappa shape index (κ3) is 3.68. The highest BCUT2D eigenvalue weighted by Crippen LogP contribution is 2.17. The molecule has 0 saturated carbocycles. The van der Waals surface area contributed by atoms with Gasteiger partial charge in [0.25, 0.3) is 0 Å². The van der Waals surface area contributed by atoms with Gasteiger partial charge in [-0.05, 0) is 49.6 Å². The molecular formula is C15H14O4S. The van der Waals surface area contributed by atoms with Crippen LogP contribution in [0, 0.1) is 0 Å². The summed E-state index contributed by atoms with van der Waals surface area (Å²) >= 11 is 1.32. The molecule has 20 heavy (non-hydrogen) atoms. The van der Waals surface area contributed by atoms with E-state index >= 15 is 0 Å². The second kappa shape index (κ2) is 6.34. The first-order chi connectivity index (χ1) is 9.56. The Balaban J connectivity index is 2.01. The Kier molecular flexibility index (Phi) is 4.53.